The summed E-state index contributed by atoms with van der Waals surface area (Å²) in [6, 6.07) is 21.0. The summed E-state index contributed by atoms with van der Waals surface area (Å²) in [4.78, 5) is 32.6. The lowest BCUT2D eigenvalue weighted by Gasteiger charge is -2.27. The Morgan fingerprint density at radius 1 is 0.912 bits per heavy atom. The van der Waals surface area contributed by atoms with E-state index in [1.54, 1.807) is 24.4 Å². The van der Waals surface area contributed by atoms with Gasteiger partial charge in [0.05, 0.1) is 0 Å². The average Bonchev–Trinajstić information content (AvgIpc) is 3.29. The van der Waals surface area contributed by atoms with Crippen LogP contribution in [0.4, 0.5) is 11.4 Å². The van der Waals surface area contributed by atoms with Crippen LogP contribution < -0.4 is 10.6 Å². The average molecular weight is 453 g/mol. The van der Waals surface area contributed by atoms with Crippen LogP contribution in [0.1, 0.15) is 43.1 Å². The SMILES string of the molecule is CC1CCCCC1C(=O)Nc1ccc(-c2cc3ccc(NC(=O)c4ccccn4)cc3[nH]2)cc1. The molecule has 2 atom stereocenters. The molecule has 0 radical (unpaired) electrons. The number of H-pyrrole nitrogens is 1. The van der Waals surface area contributed by atoms with Crippen LogP contribution >= 0.6 is 0 Å². The molecule has 2 aromatic carbocycles. The van der Waals surface area contributed by atoms with Crippen LogP contribution in [0.2, 0.25) is 0 Å². The van der Waals surface area contributed by atoms with Crippen molar-refractivity contribution in [3.8, 4) is 11.3 Å². The normalized spacial score (nSPS) is 17.9. The number of pyridine rings is 1. The van der Waals surface area contributed by atoms with Crippen LogP contribution in [-0.4, -0.2) is 21.8 Å². The van der Waals surface area contributed by atoms with E-state index in [1.807, 2.05) is 42.5 Å². The molecular formula is C28H28N4O2. The summed E-state index contributed by atoms with van der Waals surface area (Å²) in [6.45, 7) is 2.18. The van der Waals surface area contributed by atoms with Crippen molar-refractivity contribution in [1.29, 1.82) is 0 Å². The van der Waals surface area contributed by atoms with E-state index in [0.717, 1.165) is 47.1 Å². The highest BCUT2D eigenvalue weighted by Crippen LogP contribution is 2.31. The summed E-state index contributed by atoms with van der Waals surface area (Å²) in [5, 5.41) is 7.04. The van der Waals surface area contributed by atoms with Crippen molar-refractivity contribution in [3.63, 3.8) is 0 Å². The molecule has 1 saturated carbocycles. The number of amides is 2. The highest BCUT2D eigenvalue weighted by Gasteiger charge is 2.27. The minimum Gasteiger partial charge on any atom is -0.354 e. The number of aromatic nitrogens is 2. The van der Waals surface area contributed by atoms with E-state index < -0.39 is 0 Å². The van der Waals surface area contributed by atoms with E-state index in [2.05, 4.69) is 33.6 Å². The standard InChI is InChI=1S/C28H28N4O2/c1-18-6-2-3-7-23(18)27(33)30-21-12-9-19(10-13-21)25-16-20-11-14-22(17-26(20)32-25)31-28(34)24-8-4-5-15-29-24/h4-5,8-18,23,32H,2-3,6-7H2,1H3,(H,30,33)(H,31,34). The van der Waals surface area contributed by atoms with Gasteiger partial charge in [0.2, 0.25) is 5.91 Å². The number of carbonyl (C=O) groups excluding carboxylic acids is 2. The number of fused-ring (bicyclic) bond motifs is 1. The summed E-state index contributed by atoms with van der Waals surface area (Å²) in [5.74, 6) is 0.435. The van der Waals surface area contributed by atoms with Gasteiger partial charge in [-0.1, -0.05) is 44.0 Å². The molecule has 34 heavy (non-hydrogen) atoms. The number of aromatic amines is 1. The van der Waals surface area contributed by atoms with Gasteiger partial charge in [0, 0.05) is 40.1 Å². The fraction of sp³-hybridized carbons (Fsp3) is 0.250. The van der Waals surface area contributed by atoms with Gasteiger partial charge in [-0.05, 0) is 66.8 Å². The zero-order valence-corrected chi connectivity index (χ0v) is 19.2. The largest absolute Gasteiger partial charge is 0.354 e. The van der Waals surface area contributed by atoms with Crippen LogP contribution in [0.3, 0.4) is 0 Å². The van der Waals surface area contributed by atoms with Crippen molar-refractivity contribution in [2.45, 2.75) is 32.6 Å². The molecule has 1 fully saturated rings. The fourth-order valence-corrected chi connectivity index (χ4v) is 4.73. The molecule has 0 spiro atoms. The van der Waals surface area contributed by atoms with Gasteiger partial charge in [0.15, 0.2) is 0 Å². The Kier molecular flexibility index (Phi) is 6.12. The van der Waals surface area contributed by atoms with E-state index >= 15 is 0 Å². The lowest BCUT2D eigenvalue weighted by molar-refractivity contribution is -0.122. The Hall–Kier alpha value is -3.93. The molecular weight excluding hydrogens is 424 g/mol. The third-order valence-corrected chi connectivity index (χ3v) is 6.69. The molecule has 2 amide bonds. The number of nitrogens with one attached hydrogen (secondary N) is 3. The van der Waals surface area contributed by atoms with Crippen molar-refractivity contribution in [2.24, 2.45) is 11.8 Å². The molecule has 2 heterocycles. The van der Waals surface area contributed by atoms with Gasteiger partial charge in [0.1, 0.15) is 5.69 Å². The second-order valence-corrected chi connectivity index (χ2v) is 9.09. The second kappa shape index (κ2) is 9.51. The number of nitrogens with zero attached hydrogens (tertiary/aromatic N) is 1. The summed E-state index contributed by atoms with van der Waals surface area (Å²) in [6.07, 6.45) is 6.07. The molecule has 2 unspecified atom stereocenters. The Bertz CT molecular complexity index is 1310. The highest BCUT2D eigenvalue weighted by molar-refractivity contribution is 6.04. The third-order valence-electron chi connectivity index (χ3n) is 6.69. The van der Waals surface area contributed by atoms with Gasteiger partial charge >= 0.3 is 0 Å². The van der Waals surface area contributed by atoms with Crippen LogP contribution in [0.25, 0.3) is 22.2 Å². The Balaban J connectivity index is 1.28. The Labute approximate surface area is 198 Å². The van der Waals surface area contributed by atoms with E-state index in [1.165, 1.54) is 6.42 Å². The molecule has 0 aliphatic heterocycles. The molecule has 172 valence electrons. The maximum Gasteiger partial charge on any atom is 0.274 e. The smallest absolute Gasteiger partial charge is 0.274 e. The first-order chi connectivity index (χ1) is 16.6. The maximum absolute atomic E-state index is 12.7. The van der Waals surface area contributed by atoms with Gasteiger partial charge in [0.25, 0.3) is 5.91 Å². The molecule has 3 N–H and O–H groups in total. The first-order valence-corrected chi connectivity index (χ1v) is 11.8. The minimum atomic E-state index is -0.244. The summed E-state index contributed by atoms with van der Waals surface area (Å²) < 4.78 is 0. The first kappa shape index (κ1) is 21.9. The van der Waals surface area contributed by atoms with Crippen molar-refractivity contribution >= 4 is 34.1 Å². The van der Waals surface area contributed by atoms with Crippen LogP contribution in [0.15, 0.2) is 72.9 Å². The Morgan fingerprint density at radius 2 is 1.71 bits per heavy atom. The lowest BCUT2D eigenvalue weighted by Crippen LogP contribution is -2.30. The van der Waals surface area contributed by atoms with Gasteiger partial charge in [-0.25, -0.2) is 0 Å². The minimum absolute atomic E-state index is 0.106. The summed E-state index contributed by atoms with van der Waals surface area (Å²) in [5.41, 5.74) is 4.83. The molecule has 4 aromatic rings. The van der Waals surface area contributed by atoms with Crippen LogP contribution in [0.5, 0.6) is 0 Å². The highest BCUT2D eigenvalue weighted by atomic mass is 16.2. The summed E-state index contributed by atoms with van der Waals surface area (Å²) >= 11 is 0. The number of hydrogen-bond acceptors (Lipinski definition) is 3. The van der Waals surface area contributed by atoms with Crippen molar-refractivity contribution < 1.29 is 9.59 Å². The van der Waals surface area contributed by atoms with Crippen molar-refractivity contribution in [2.75, 3.05) is 10.6 Å². The quantitative estimate of drug-likeness (QED) is 0.335. The molecule has 0 bridgehead atoms. The monoisotopic (exact) mass is 452 g/mol. The van der Waals surface area contributed by atoms with E-state index in [0.29, 0.717) is 17.3 Å². The van der Waals surface area contributed by atoms with Gasteiger partial charge in [-0.15, -0.1) is 0 Å². The predicted molar refractivity (Wildman–Crippen MR) is 136 cm³/mol. The topological polar surface area (TPSA) is 86.9 Å². The lowest BCUT2D eigenvalue weighted by atomic mass is 9.80. The molecule has 1 aliphatic carbocycles. The Morgan fingerprint density at radius 3 is 2.47 bits per heavy atom. The van der Waals surface area contributed by atoms with E-state index in [9.17, 15) is 9.59 Å². The second-order valence-electron chi connectivity index (χ2n) is 9.09. The zero-order valence-electron chi connectivity index (χ0n) is 19.2. The number of hydrogen-bond donors (Lipinski definition) is 3. The molecule has 5 rings (SSSR count). The fourth-order valence-electron chi connectivity index (χ4n) is 4.73. The van der Waals surface area contributed by atoms with Gasteiger partial charge in [-0.2, -0.15) is 0 Å². The maximum atomic E-state index is 12.7. The molecule has 0 saturated heterocycles. The molecule has 6 nitrogen and oxygen atoms in total. The number of anilines is 2. The zero-order chi connectivity index (χ0) is 23.5. The van der Waals surface area contributed by atoms with E-state index in [4.69, 9.17) is 0 Å². The number of rotatable bonds is 5. The van der Waals surface area contributed by atoms with Crippen LogP contribution in [-0.2, 0) is 4.79 Å². The number of carbonyl (C=O) groups is 2. The molecule has 6 heteroatoms. The number of benzene rings is 2. The first-order valence-electron chi connectivity index (χ1n) is 11.8. The molecule has 2 aromatic heterocycles. The predicted octanol–water partition coefficient (Wildman–Crippen LogP) is 6.25. The van der Waals surface area contributed by atoms with Crippen LogP contribution in [0, 0.1) is 11.8 Å². The van der Waals surface area contributed by atoms with Crippen molar-refractivity contribution in [1.82, 2.24) is 9.97 Å². The van der Waals surface area contributed by atoms with Crippen molar-refractivity contribution in [3.05, 3.63) is 78.6 Å². The van der Waals surface area contributed by atoms with Gasteiger partial charge < -0.3 is 15.6 Å². The van der Waals surface area contributed by atoms with E-state index in [-0.39, 0.29) is 17.7 Å². The summed E-state index contributed by atoms with van der Waals surface area (Å²) in [7, 11) is 0. The van der Waals surface area contributed by atoms with Gasteiger partial charge in [-0.3, -0.25) is 14.6 Å². The molecule has 1 aliphatic rings. The third kappa shape index (κ3) is 4.71.